The number of aromatic nitrogens is 3. The molecule has 0 amide bonds. The molecule has 0 unspecified atom stereocenters. The van der Waals surface area contributed by atoms with Gasteiger partial charge in [-0.25, -0.2) is 9.50 Å². The van der Waals surface area contributed by atoms with Crippen LogP contribution in [0.4, 0.5) is 0 Å². The van der Waals surface area contributed by atoms with Crippen molar-refractivity contribution in [3.8, 4) is 11.4 Å². The Hall–Kier alpha value is -1.68. The van der Waals surface area contributed by atoms with Crippen LogP contribution in [0.3, 0.4) is 0 Å². The molecule has 0 aliphatic carbocycles. The lowest BCUT2D eigenvalue weighted by Crippen LogP contribution is -1.87. The molecule has 0 saturated carbocycles. The third kappa shape index (κ3) is 1.96. The maximum absolute atomic E-state index is 4.50. The molecule has 0 aliphatic heterocycles. The molecule has 0 bridgehead atoms. The van der Waals surface area contributed by atoms with Crippen molar-refractivity contribution in [3.05, 3.63) is 52.6 Å². The number of halogens is 1. The summed E-state index contributed by atoms with van der Waals surface area (Å²) in [5, 5.41) is 4.47. The summed E-state index contributed by atoms with van der Waals surface area (Å²) in [5.74, 6) is 0.747. The van der Waals surface area contributed by atoms with Crippen LogP contribution in [0.1, 0.15) is 5.56 Å². The van der Waals surface area contributed by atoms with Crippen molar-refractivity contribution in [2.24, 2.45) is 0 Å². The van der Waals surface area contributed by atoms with E-state index in [1.54, 1.807) is 0 Å². The predicted octanol–water partition coefficient (Wildman–Crippen LogP) is 3.47. The van der Waals surface area contributed by atoms with E-state index >= 15 is 0 Å². The van der Waals surface area contributed by atoms with Gasteiger partial charge in [0.2, 0.25) is 0 Å². The van der Waals surface area contributed by atoms with Gasteiger partial charge in [0.05, 0.1) is 0 Å². The molecule has 3 aromatic rings. The minimum atomic E-state index is 0.747. The zero-order valence-corrected chi connectivity index (χ0v) is 10.8. The third-order valence-electron chi connectivity index (χ3n) is 2.56. The second-order valence-corrected chi connectivity index (χ2v) is 4.87. The van der Waals surface area contributed by atoms with Gasteiger partial charge in [0, 0.05) is 16.2 Å². The van der Waals surface area contributed by atoms with Crippen LogP contribution in [0.25, 0.3) is 17.0 Å². The van der Waals surface area contributed by atoms with Crippen LogP contribution in [0.5, 0.6) is 0 Å². The highest BCUT2D eigenvalue weighted by molar-refractivity contribution is 9.10. The summed E-state index contributed by atoms with van der Waals surface area (Å²) in [7, 11) is 0. The molecule has 2 heterocycles. The lowest BCUT2D eigenvalue weighted by Gasteiger charge is -1.94. The van der Waals surface area contributed by atoms with Crippen molar-refractivity contribution in [3.63, 3.8) is 0 Å². The lowest BCUT2D eigenvalue weighted by molar-refractivity contribution is 0.956. The molecular weight excluding hydrogens is 278 g/mol. The number of aryl methyl sites for hydroxylation is 1. The largest absolute Gasteiger partial charge is 0.220 e. The van der Waals surface area contributed by atoms with E-state index in [1.165, 1.54) is 5.56 Å². The Morgan fingerprint density at radius 1 is 1.18 bits per heavy atom. The first kappa shape index (κ1) is 10.5. The highest BCUT2D eigenvalue weighted by Crippen LogP contribution is 2.20. The Balaban J connectivity index is 2.18. The van der Waals surface area contributed by atoms with E-state index in [-0.39, 0.29) is 0 Å². The summed E-state index contributed by atoms with van der Waals surface area (Å²) >= 11 is 3.45. The molecule has 84 valence electrons. The van der Waals surface area contributed by atoms with Crippen LogP contribution in [-0.4, -0.2) is 14.6 Å². The number of benzene rings is 1. The highest BCUT2D eigenvalue weighted by Gasteiger charge is 2.06. The average Bonchev–Trinajstić information content (AvgIpc) is 2.72. The van der Waals surface area contributed by atoms with Gasteiger partial charge >= 0.3 is 0 Å². The molecule has 0 saturated heterocycles. The summed E-state index contributed by atoms with van der Waals surface area (Å²) in [6.45, 7) is 2.04. The first-order valence-corrected chi connectivity index (χ1v) is 6.11. The van der Waals surface area contributed by atoms with Crippen LogP contribution >= 0.6 is 15.9 Å². The lowest BCUT2D eigenvalue weighted by atomic mass is 10.2. The van der Waals surface area contributed by atoms with Gasteiger partial charge in [-0.15, -0.1) is 5.10 Å². The maximum atomic E-state index is 4.50. The number of rotatable bonds is 1. The molecule has 0 radical (unpaired) electrons. The number of hydrogen-bond acceptors (Lipinski definition) is 2. The van der Waals surface area contributed by atoms with Gasteiger partial charge in [0.1, 0.15) is 0 Å². The summed E-state index contributed by atoms with van der Waals surface area (Å²) in [6.07, 6.45) is 1.98. The van der Waals surface area contributed by atoms with Crippen LogP contribution in [0.2, 0.25) is 0 Å². The first-order valence-electron chi connectivity index (χ1n) is 5.31. The fourth-order valence-electron chi connectivity index (χ4n) is 1.74. The van der Waals surface area contributed by atoms with Crippen LogP contribution in [0, 0.1) is 6.92 Å². The fourth-order valence-corrected chi connectivity index (χ4v) is 2.13. The van der Waals surface area contributed by atoms with Gasteiger partial charge < -0.3 is 0 Å². The van der Waals surface area contributed by atoms with Gasteiger partial charge in [0.15, 0.2) is 11.5 Å². The number of nitrogens with zero attached hydrogens (tertiary/aromatic N) is 3. The summed E-state index contributed by atoms with van der Waals surface area (Å²) in [4.78, 5) is 4.50. The number of hydrogen-bond donors (Lipinski definition) is 0. The average molecular weight is 288 g/mol. The zero-order valence-electron chi connectivity index (χ0n) is 9.26. The van der Waals surface area contributed by atoms with Crippen LogP contribution < -0.4 is 0 Å². The second kappa shape index (κ2) is 3.96. The molecule has 0 aliphatic rings. The van der Waals surface area contributed by atoms with Gasteiger partial charge in [-0.05, 0) is 30.7 Å². The van der Waals surface area contributed by atoms with E-state index in [0.29, 0.717) is 0 Å². The topological polar surface area (TPSA) is 30.2 Å². The molecule has 2 aromatic heterocycles. The Morgan fingerprint density at radius 3 is 2.88 bits per heavy atom. The summed E-state index contributed by atoms with van der Waals surface area (Å²) in [5.41, 5.74) is 3.05. The van der Waals surface area contributed by atoms with E-state index in [1.807, 2.05) is 54.0 Å². The zero-order chi connectivity index (χ0) is 11.8. The van der Waals surface area contributed by atoms with Gasteiger partial charge in [-0.1, -0.05) is 34.1 Å². The Kier molecular flexibility index (Phi) is 2.44. The normalized spacial score (nSPS) is 10.9. The number of pyridine rings is 1. The third-order valence-corrected chi connectivity index (χ3v) is 3.05. The van der Waals surface area contributed by atoms with E-state index in [2.05, 4.69) is 26.0 Å². The highest BCUT2D eigenvalue weighted by atomic mass is 79.9. The standard InChI is InChI=1S/C13H10BrN3/c1-9-5-6-12-15-13(16-17(12)8-9)10-3-2-4-11(14)7-10/h2-8H,1H3. The second-order valence-electron chi connectivity index (χ2n) is 3.95. The summed E-state index contributed by atoms with van der Waals surface area (Å²) < 4.78 is 2.84. The quantitative estimate of drug-likeness (QED) is 0.686. The maximum Gasteiger partial charge on any atom is 0.182 e. The smallest absolute Gasteiger partial charge is 0.182 e. The number of fused-ring (bicyclic) bond motifs is 1. The minimum absolute atomic E-state index is 0.747. The molecule has 0 atom stereocenters. The van der Waals surface area contributed by atoms with E-state index in [9.17, 15) is 0 Å². The molecule has 0 fully saturated rings. The minimum Gasteiger partial charge on any atom is -0.220 e. The molecule has 3 nitrogen and oxygen atoms in total. The first-order chi connectivity index (χ1) is 8.22. The Bertz CT molecular complexity index is 688. The molecule has 3 rings (SSSR count). The van der Waals surface area contributed by atoms with E-state index in [4.69, 9.17) is 0 Å². The van der Waals surface area contributed by atoms with Crippen molar-refractivity contribution in [1.82, 2.24) is 14.6 Å². The van der Waals surface area contributed by atoms with Crippen molar-refractivity contribution < 1.29 is 0 Å². The van der Waals surface area contributed by atoms with Crippen molar-refractivity contribution in [2.45, 2.75) is 6.92 Å². The van der Waals surface area contributed by atoms with Crippen molar-refractivity contribution in [1.29, 1.82) is 0 Å². The van der Waals surface area contributed by atoms with Crippen LogP contribution in [-0.2, 0) is 0 Å². The molecule has 0 N–H and O–H groups in total. The van der Waals surface area contributed by atoms with Crippen LogP contribution in [0.15, 0.2) is 47.1 Å². The van der Waals surface area contributed by atoms with Crippen molar-refractivity contribution >= 4 is 21.6 Å². The Labute approximate surface area is 107 Å². The van der Waals surface area contributed by atoms with E-state index in [0.717, 1.165) is 21.5 Å². The summed E-state index contributed by atoms with van der Waals surface area (Å²) in [6, 6.07) is 12.0. The molecule has 0 spiro atoms. The predicted molar refractivity (Wildman–Crippen MR) is 70.9 cm³/mol. The molecule has 17 heavy (non-hydrogen) atoms. The van der Waals surface area contributed by atoms with Gasteiger partial charge in [-0.3, -0.25) is 0 Å². The fraction of sp³-hybridized carbons (Fsp3) is 0.0769. The van der Waals surface area contributed by atoms with Crippen molar-refractivity contribution in [2.75, 3.05) is 0 Å². The molecule has 1 aromatic carbocycles. The SMILES string of the molecule is Cc1ccc2nc(-c3cccc(Br)c3)nn2c1. The van der Waals surface area contributed by atoms with E-state index < -0.39 is 0 Å². The van der Waals surface area contributed by atoms with Gasteiger partial charge in [-0.2, -0.15) is 0 Å². The Morgan fingerprint density at radius 2 is 2.06 bits per heavy atom. The molecule has 4 heteroatoms. The monoisotopic (exact) mass is 287 g/mol. The molecular formula is C13H10BrN3. The van der Waals surface area contributed by atoms with Gasteiger partial charge in [0.25, 0.3) is 0 Å².